The third-order valence-electron chi connectivity index (χ3n) is 5.56. The van der Waals surface area contributed by atoms with Gasteiger partial charge in [-0.05, 0) is 36.6 Å². The van der Waals surface area contributed by atoms with Gasteiger partial charge in [-0.2, -0.15) is 0 Å². The molecule has 1 unspecified atom stereocenters. The second-order valence-corrected chi connectivity index (χ2v) is 8.97. The summed E-state index contributed by atoms with van der Waals surface area (Å²) in [6.07, 6.45) is 3.01. The summed E-state index contributed by atoms with van der Waals surface area (Å²) >= 11 is 12.9. The number of ether oxygens (including phenoxy) is 3. The minimum Gasteiger partial charge on any atom is -0.495 e. The molecule has 11 heteroatoms. The number of halogens is 2. The van der Waals surface area contributed by atoms with Gasteiger partial charge in [0.15, 0.2) is 0 Å². The fraction of sp³-hybridized carbons (Fsp3) is 0.385. The summed E-state index contributed by atoms with van der Waals surface area (Å²) in [5.74, 6) is 2.58. The van der Waals surface area contributed by atoms with Gasteiger partial charge in [-0.1, -0.05) is 43.5 Å². The molecule has 0 fully saturated rings. The Labute approximate surface area is 227 Å². The standard InChI is InChI=1S/C26H33Cl2N5O4/c1-6-8-16-12-17(37-11-7-2)9-10-18(16)31-21-14-22(30-15-29-21)33(3)26(34)32-25-23(27)19(35-4)13-20(36-5)24(25)28/h9-10,12-15,26,32,34H,6-8,11H2,1-5H3,(H,29,30,31). The van der Waals surface area contributed by atoms with Gasteiger partial charge in [-0.15, -0.1) is 0 Å². The van der Waals surface area contributed by atoms with Gasteiger partial charge in [0.1, 0.15) is 45.3 Å². The van der Waals surface area contributed by atoms with Gasteiger partial charge in [0.05, 0.1) is 26.5 Å². The highest BCUT2D eigenvalue weighted by molar-refractivity contribution is 6.41. The van der Waals surface area contributed by atoms with Crippen LogP contribution in [0, 0.1) is 0 Å². The van der Waals surface area contributed by atoms with Crippen LogP contribution in [0.1, 0.15) is 32.3 Å². The third-order valence-corrected chi connectivity index (χ3v) is 6.31. The number of aryl methyl sites for hydroxylation is 1. The first-order valence-corrected chi connectivity index (χ1v) is 12.7. The van der Waals surface area contributed by atoms with E-state index in [1.165, 1.54) is 25.4 Å². The number of benzene rings is 2. The lowest BCUT2D eigenvalue weighted by molar-refractivity contribution is 0.203. The molecule has 0 spiro atoms. The highest BCUT2D eigenvalue weighted by Crippen LogP contribution is 2.44. The van der Waals surface area contributed by atoms with Gasteiger partial charge in [0.2, 0.25) is 6.35 Å². The molecule has 0 aliphatic heterocycles. The molecule has 3 rings (SSSR count). The van der Waals surface area contributed by atoms with Gasteiger partial charge in [0, 0.05) is 24.9 Å². The Balaban J connectivity index is 1.81. The first-order valence-electron chi connectivity index (χ1n) is 11.9. The zero-order valence-electron chi connectivity index (χ0n) is 21.6. The van der Waals surface area contributed by atoms with Crippen molar-refractivity contribution < 1.29 is 19.3 Å². The van der Waals surface area contributed by atoms with E-state index in [1.807, 2.05) is 12.1 Å². The fourth-order valence-corrected chi connectivity index (χ4v) is 4.20. The average Bonchev–Trinajstić information content (AvgIpc) is 2.91. The molecule has 3 N–H and O–H groups in total. The topological polar surface area (TPSA) is 101 Å². The van der Waals surface area contributed by atoms with E-state index in [9.17, 15) is 5.11 Å². The summed E-state index contributed by atoms with van der Waals surface area (Å²) in [7, 11) is 4.63. The van der Waals surface area contributed by atoms with Crippen LogP contribution in [0.25, 0.3) is 0 Å². The molecule has 2 aromatic carbocycles. The predicted octanol–water partition coefficient (Wildman–Crippen LogP) is 6.11. The second kappa shape index (κ2) is 13.4. The molecular weight excluding hydrogens is 517 g/mol. The van der Waals surface area contributed by atoms with E-state index in [4.69, 9.17) is 37.4 Å². The SMILES string of the molecule is CCCOc1ccc(Nc2cc(N(C)C(O)Nc3c(Cl)c(OC)cc(OC)c3Cl)ncn2)c(CCC)c1. The van der Waals surface area contributed by atoms with Crippen LogP contribution in [-0.4, -0.2) is 49.3 Å². The number of methoxy groups -OCH3 is 2. The first kappa shape index (κ1) is 28.4. The lowest BCUT2D eigenvalue weighted by Gasteiger charge is -2.27. The number of rotatable bonds is 13. The van der Waals surface area contributed by atoms with E-state index in [0.717, 1.165) is 36.3 Å². The molecule has 0 radical (unpaired) electrons. The highest BCUT2D eigenvalue weighted by atomic mass is 35.5. The number of aromatic nitrogens is 2. The van der Waals surface area contributed by atoms with Gasteiger partial charge in [-0.25, -0.2) is 9.97 Å². The molecule has 0 aliphatic carbocycles. The summed E-state index contributed by atoms with van der Waals surface area (Å²) in [5, 5.41) is 17.6. The van der Waals surface area contributed by atoms with Crippen LogP contribution in [0.15, 0.2) is 36.7 Å². The Morgan fingerprint density at radius 3 is 2.32 bits per heavy atom. The molecule has 3 aromatic rings. The second-order valence-electron chi connectivity index (χ2n) is 8.22. The maximum Gasteiger partial charge on any atom is 0.206 e. The van der Waals surface area contributed by atoms with Gasteiger partial charge in [0.25, 0.3) is 0 Å². The van der Waals surface area contributed by atoms with E-state index in [-0.39, 0.29) is 15.7 Å². The average molecular weight is 550 g/mol. The molecule has 0 amide bonds. The minimum atomic E-state index is -1.24. The summed E-state index contributed by atoms with van der Waals surface area (Å²) in [6, 6.07) is 9.29. The highest BCUT2D eigenvalue weighted by Gasteiger charge is 2.22. The van der Waals surface area contributed by atoms with E-state index >= 15 is 0 Å². The van der Waals surface area contributed by atoms with Gasteiger partial charge >= 0.3 is 0 Å². The minimum absolute atomic E-state index is 0.209. The monoisotopic (exact) mass is 549 g/mol. The van der Waals surface area contributed by atoms with Crippen LogP contribution in [0.5, 0.6) is 17.2 Å². The summed E-state index contributed by atoms with van der Waals surface area (Å²) in [5.41, 5.74) is 2.32. The smallest absolute Gasteiger partial charge is 0.206 e. The van der Waals surface area contributed by atoms with Crippen molar-refractivity contribution in [2.75, 3.05) is 43.4 Å². The number of nitrogens with one attached hydrogen (secondary N) is 2. The number of hydrogen-bond acceptors (Lipinski definition) is 9. The van der Waals surface area contributed by atoms with E-state index in [2.05, 4.69) is 40.5 Å². The maximum absolute atomic E-state index is 10.9. The molecule has 1 aromatic heterocycles. The van der Waals surface area contributed by atoms with Crippen LogP contribution in [0.3, 0.4) is 0 Å². The first-order chi connectivity index (χ1) is 17.8. The number of aliphatic hydroxyl groups excluding tert-OH is 1. The van der Waals surface area contributed by atoms with Crippen molar-refractivity contribution in [1.82, 2.24) is 9.97 Å². The number of anilines is 4. The van der Waals surface area contributed by atoms with Crippen molar-refractivity contribution in [3.05, 3.63) is 52.3 Å². The normalized spacial score (nSPS) is 11.6. The largest absolute Gasteiger partial charge is 0.495 e. The Bertz CT molecular complexity index is 1170. The third kappa shape index (κ3) is 7.00. The Morgan fingerprint density at radius 1 is 1.00 bits per heavy atom. The number of aliphatic hydroxyl groups is 1. The summed E-state index contributed by atoms with van der Waals surface area (Å²) in [6.45, 7) is 4.89. The fourth-order valence-electron chi connectivity index (χ4n) is 3.59. The molecule has 200 valence electrons. The van der Waals surface area contributed by atoms with Crippen LogP contribution in [0.2, 0.25) is 10.0 Å². The summed E-state index contributed by atoms with van der Waals surface area (Å²) < 4.78 is 16.4. The molecule has 9 nitrogen and oxygen atoms in total. The van der Waals surface area contributed by atoms with Crippen molar-refractivity contribution in [3.8, 4) is 17.2 Å². The molecule has 0 bridgehead atoms. The lowest BCUT2D eigenvalue weighted by atomic mass is 10.1. The predicted molar refractivity (Wildman–Crippen MR) is 149 cm³/mol. The Morgan fingerprint density at radius 2 is 1.70 bits per heavy atom. The van der Waals surface area contributed by atoms with E-state index in [1.54, 1.807) is 19.2 Å². The Kier molecular flexibility index (Phi) is 10.3. The van der Waals surface area contributed by atoms with Gasteiger partial charge in [-0.3, -0.25) is 0 Å². The maximum atomic E-state index is 10.9. The van der Waals surface area contributed by atoms with Crippen LogP contribution < -0.4 is 29.7 Å². The quantitative estimate of drug-likeness (QED) is 0.218. The van der Waals surface area contributed by atoms with Crippen LogP contribution >= 0.6 is 23.2 Å². The van der Waals surface area contributed by atoms with Crippen molar-refractivity contribution in [1.29, 1.82) is 0 Å². The number of nitrogens with zero attached hydrogens (tertiary/aromatic N) is 3. The molecule has 1 atom stereocenters. The number of hydrogen-bond donors (Lipinski definition) is 3. The molecule has 0 saturated carbocycles. The summed E-state index contributed by atoms with van der Waals surface area (Å²) in [4.78, 5) is 10.2. The zero-order chi connectivity index (χ0) is 26.9. The molecule has 0 saturated heterocycles. The van der Waals surface area contributed by atoms with Gasteiger partial charge < -0.3 is 34.9 Å². The van der Waals surface area contributed by atoms with Crippen molar-refractivity contribution in [3.63, 3.8) is 0 Å². The van der Waals surface area contributed by atoms with E-state index < -0.39 is 6.35 Å². The van der Waals surface area contributed by atoms with Crippen molar-refractivity contribution in [2.45, 2.75) is 39.5 Å². The molecule has 1 heterocycles. The lowest BCUT2D eigenvalue weighted by Crippen LogP contribution is -2.38. The van der Waals surface area contributed by atoms with Crippen molar-refractivity contribution >= 4 is 46.2 Å². The molecule has 37 heavy (non-hydrogen) atoms. The van der Waals surface area contributed by atoms with E-state index in [0.29, 0.717) is 29.7 Å². The molecule has 0 aliphatic rings. The van der Waals surface area contributed by atoms with Crippen LogP contribution in [-0.2, 0) is 6.42 Å². The molecular formula is C26H33Cl2N5O4. The van der Waals surface area contributed by atoms with Crippen LogP contribution in [0.4, 0.5) is 23.0 Å². The zero-order valence-corrected chi connectivity index (χ0v) is 23.2. The van der Waals surface area contributed by atoms with Crippen molar-refractivity contribution in [2.24, 2.45) is 0 Å². The Hall–Kier alpha value is -3.14.